The summed E-state index contributed by atoms with van der Waals surface area (Å²) in [6.07, 6.45) is 1.58. The maximum atomic E-state index is 12.1. The van der Waals surface area contributed by atoms with Crippen molar-refractivity contribution in [2.24, 2.45) is 0 Å². The fourth-order valence-electron chi connectivity index (χ4n) is 1.71. The lowest BCUT2D eigenvalue weighted by molar-refractivity contribution is 0.349. The largest absolute Gasteiger partial charge is 0.286 e. The highest BCUT2D eigenvalue weighted by Crippen LogP contribution is 2.19. The summed E-state index contributed by atoms with van der Waals surface area (Å²) in [5, 5.41) is 4.62. The molecule has 3 nitrogen and oxygen atoms in total. The third kappa shape index (κ3) is 2.87. The Morgan fingerprint density at radius 3 is 2.26 bits per heavy atom. The monoisotopic (exact) mass is 276 g/mol. The number of rotatable bonds is 1. The molecule has 100 valence electrons. The first-order valence-corrected chi connectivity index (χ1v) is 6.54. The number of hydrogen-bond acceptors (Lipinski definition) is 2. The molecule has 0 amide bonds. The molecule has 1 aromatic heterocycles. The third-order valence-electron chi connectivity index (χ3n) is 2.89. The molecule has 0 aliphatic rings. The molecule has 2 aromatic rings. The summed E-state index contributed by atoms with van der Waals surface area (Å²) < 4.78 is 1.73. The summed E-state index contributed by atoms with van der Waals surface area (Å²) in [5.41, 5.74) is 1.86. The van der Waals surface area contributed by atoms with Crippen LogP contribution in [-0.4, -0.2) is 9.78 Å². The third-order valence-corrected chi connectivity index (χ3v) is 3.16. The summed E-state index contributed by atoms with van der Waals surface area (Å²) in [5.74, 6) is 0. The van der Waals surface area contributed by atoms with Crippen molar-refractivity contribution in [3.05, 3.63) is 51.3 Å². The zero-order valence-corrected chi connectivity index (χ0v) is 12.3. The van der Waals surface area contributed by atoms with Crippen molar-refractivity contribution in [1.29, 1.82) is 0 Å². The predicted molar refractivity (Wildman–Crippen MR) is 78.7 cm³/mol. The van der Waals surface area contributed by atoms with Crippen molar-refractivity contribution >= 4 is 11.6 Å². The Labute approximate surface area is 117 Å². The van der Waals surface area contributed by atoms with Gasteiger partial charge in [0.25, 0.3) is 0 Å². The summed E-state index contributed by atoms with van der Waals surface area (Å²) >= 11 is 6.03. The molecule has 2 rings (SSSR count). The molecular weight excluding hydrogens is 260 g/mol. The number of benzene rings is 1. The smallest absolute Gasteiger partial charge is 0.226 e. The first kappa shape index (κ1) is 13.8. The maximum Gasteiger partial charge on any atom is 0.226 e. The molecule has 0 saturated heterocycles. The molecule has 0 aliphatic carbocycles. The van der Waals surface area contributed by atoms with E-state index in [4.69, 9.17) is 11.6 Å². The lowest BCUT2D eigenvalue weighted by Crippen LogP contribution is -2.27. The molecule has 0 atom stereocenters. The molecule has 0 saturated carbocycles. The molecule has 0 N–H and O–H groups in total. The minimum atomic E-state index is -0.231. The SMILES string of the molecule is Cc1ccc(-c2nn(C(C)(C)C)cc(Cl)c2=O)cc1. The maximum absolute atomic E-state index is 12.1. The second-order valence-electron chi connectivity index (χ2n) is 5.64. The van der Waals surface area contributed by atoms with Gasteiger partial charge >= 0.3 is 0 Å². The second kappa shape index (κ2) is 4.82. The van der Waals surface area contributed by atoms with Gasteiger partial charge in [-0.25, -0.2) is 0 Å². The topological polar surface area (TPSA) is 34.9 Å². The summed E-state index contributed by atoms with van der Waals surface area (Å²) in [6, 6.07) is 7.70. The van der Waals surface area contributed by atoms with Gasteiger partial charge < -0.3 is 0 Å². The predicted octanol–water partition coefficient (Wildman–Crippen LogP) is 3.63. The fourth-order valence-corrected chi connectivity index (χ4v) is 1.89. The lowest BCUT2D eigenvalue weighted by atomic mass is 10.1. The number of halogens is 1. The highest BCUT2D eigenvalue weighted by Gasteiger charge is 2.17. The quantitative estimate of drug-likeness (QED) is 0.797. The highest BCUT2D eigenvalue weighted by molar-refractivity contribution is 6.30. The van der Waals surface area contributed by atoms with E-state index in [-0.39, 0.29) is 16.0 Å². The second-order valence-corrected chi connectivity index (χ2v) is 6.04. The van der Waals surface area contributed by atoms with Crippen LogP contribution in [0.2, 0.25) is 5.02 Å². The summed E-state index contributed by atoms with van der Waals surface area (Å²) in [4.78, 5) is 12.1. The minimum absolute atomic E-state index is 0.195. The van der Waals surface area contributed by atoms with Crippen LogP contribution in [0.15, 0.2) is 35.3 Å². The molecule has 0 fully saturated rings. The lowest BCUT2D eigenvalue weighted by Gasteiger charge is -2.22. The molecule has 0 radical (unpaired) electrons. The Bertz CT molecular complexity index is 651. The van der Waals surface area contributed by atoms with Crippen LogP contribution in [-0.2, 0) is 5.54 Å². The number of hydrogen-bond donors (Lipinski definition) is 0. The zero-order valence-electron chi connectivity index (χ0n) is 11.6. The fraction of sp³-hybridized carbons (Fsp3) is 0.333. The van der Waals surface area contributed by atoms with Gasteiger partial charge in [-0.05, 0) is 27.7 Å². The normalized spacial score (nSPS) is 11.6. The van der Waals surface area contributed by atoms with Crippen LogP contribution in [0.1, 0.15) is 26.3 Å². The summed E-state index contributed by atoms with van der Waals surface area (Å²) in [7, 11) is 0. The summed E-state index contributed by atoms with van der Waals surface area (Å²) in [6.45, 7) is 8.04. The molecule has 0 aliphatic heterocycles. The Kier molecular flexibility index (Phi) is 3.50. The average Bonchev–Trinajstić information content (AvgIpc) is 2.32. The van der Waals surface area contributed by atoms with E-state index in [0.717, 1.165) is 11.1 Å². The molecule has 0 unspecified atom stereocenters. The van der Waals surface area contributed by atoms with Crippen LogP contribution >= 0.6 is 11.6 Å². The van der Waals surface area contributed by atoms with Crippen molar-refractivity contribution in [2.75, 3.05) is 0 Å². The van der Waals surface area contributed by atoms with E-state index < -0.39 is 0 Å². The van der Waals surface area contributed by atoms with Gasteiger partial charge in [0.1, 0.15) is 10.7 Å². The Morgan fingerprint density at radius 2 is 1.74 bits per heavy atom. The van der Waals surface area contributed by atoms with E-state index in [2.05, 4.69) is 5.10 Å². The number of aromatic nitrogens is 2. The van der Waals surface area contributed by atoms with Gasteiger partial charge in [-0.2, -0.15) is 5.10 Å². The van der Waals surface area contributed by atoms with Gasteiger partial charge in [-0.3, -0.25) is 9.48 Å². The van der Waals surface area contributed by atoms with Crippen LogP contribution in [0, 0.1) is 6.92 Å². The molecule has 19 heavy (non-hydrogen) atoms. The molecule has 1 heterocycles. The minimum Gasteiger partial charge on any atom is -0.286 e. The molecule has 1 aromatic carbocycles. The van der Waals surface area contributed by atoms with Crippen molar-refractivity contribution in [2.45, 2.75) is 33.2 Å². The Hall–Kier alpha value is -1.61. The van der Waals surface area contributed by atoms with E-state index in [1.807, 2.05) is 52.0 Å². The van der Waals surface area contributed by atoms with Crippen molar-refractivity contribution in [1.82, 2.24) is 9.78 Å². The van der Waals surface area contributed by atoms with Gasteiger partial charge in [0.05, 0.1) is 5.54 Å². The van der Waals surface area contributed by atoms with E-state index >= 15 is 0 Å². The number of aryl methyl sites for hydroxylation is 1. The average molecular weight is 277 g/mol. The van der Waals surface area contributed by atoms with Crippen molar-refractivity contribution < 1.29 is 0 Å². The van der Waals surface area contributed by atoms with Crippen LogP contribution in [0.25, 0.3) is 11.3 Å². The van der Waals surface area contributed by atoms with E-state index in [9.17, 15) is 4.79 Å². The van der Waals surface area contributed by atoms with E-state index in [1.165, 1.54) is 0 Å². The van der Waals surface area contributed by atoms with Crippen molar-refractivity contribution in [3.8, 4) is 11.3 Å². The van der Waals surface area contributed by atoms with E-state index in [1.54, 1.807) is 10.9 Å². The Morgan fingerprint density at radius 1 is 1.16 bits per heavy atom. The van der Waals surface area contributed by atoms with Gasteiger partial charge in [0.2, 0.25) is 5.43 Å². The molecule has 0 spiro atoms. The first-order valence-electron chi connectivity index (χ1n) is 6.16. The first-order chi connectivity index (χ1) is 8.79. The van der Waals surface area contributed by atoms with E-state index in [0.29, 0.717) is 5.69 Å². The zero-order chi connectivity index (χ0) is 14.2. The van der Waals surface area contributed by atoms with Crippen LogP contribution in [0.4, 0.5) is 0 Å². The van der Waals surface area contributed by atoms with Crippen LogP contribution < -0.4 is 5.43 Å². The molecule has 0 bridgehead atoms. The van der Waals surface area contributed by atoms with Gasteiger partial charge in [-0.15, -0.1) is 0 Å². The Balaban J connectivity index is 2.66. The van der Waals surface area contributed by atoms with Crippen LogP contribution in [0.5, 0.6) is 0 Å². The van der Waals surface area contributed by atoms with Crippen molar-refractivity contribution in [3.63, 3.8) is 0 Å². The molecule has 4 heteroatoms. The number of nitrogens with zero attached hydrogens (tertiary/aromatic N) is 2. The van der Waals surface area contributed by atoms with Crippen LogP contribution in [0.3, 0.4) is 0 Å². The van der Waals surface area contributed by atoms with Gasteiger partial charge in [0, 0.05) is 11.8 Å². The van der Waals surface area contributed by atoms with Gasteiger partial charge in [-0.1, -0.05) is 41.4 Å². The standard InChI is InChI=1S/C15H17ClN2O/c1-10-5-7-11(8-6-10)13-14(19)12(16)9-18(17-13)15(2,3)4/h5-9H,1-4H3. The van der Waals surface area contributed by atoms with Gasteiger partial charge in [0.15, 0.2) is 0 Å². The molecular formula is C15H17ClN2O. The highest BCUT2D eigenvalue weighted by atomic mass is 35.5.